The second-order valence-corrected chi connectivity index (χ2v) is 4.93. The van der Waals surface area contributed by atoms with Crippen molar-refractivity contribution in [2.75, 3.05) is 26.4 Å². The van der Waals surface area contributed by atoms with Crippen LogP contribution in [-0.4, -0.2) is 37.5 Å². The highest BCUT2D eigenvalue weighted by Gasteiger charge is 2.13. The van der Waals surface area contributed by atoms with Crippen molar-refractivity contribution in [2.45, 2.75) is 0 Å². The molecule has 5 nitrogen and oxygen atoms in total. The zero-order valence-electron chi connectivity index (χ0n) is 12.5. The number of carbonyl (C=O) groups is 1. The van der Waals surface area contributed by atoms with Crippen LogP contribution in [0.15, 0.2) is 43.0 Å². The molecule has 1 N–H and O–H groups in total. The highest BCUT2D eigenvalue weighted by molar-refractivity contribution is 6.33. The molecule has 0 amide bonds. The Hall–Kier alpha value is -2.24. The van der Waals surface area contributed by atoms with E-state index >= 15 is 0 Å². The van der Waals surface area contributed by atoms with Gasteiger partial charge >= 0.3 is 5.97 Å². The summed E-state index contributed by atoms with van der Waals surface area (Å²) in [6.45, 7) is 3.68. The van der Waals surface area contributed by atoms with E-state index in [1.165, 1.54) is 0 Å². The summed E-state index contributed by atoms with van der Waals surface area (Å²) in [7, 11) is 0. The number of hydrogen-bond donors (Lipinski definition) is 1. The van der Waals surface area contributed by atoms with E-state index in [0.717, 1.165) is 16.8 Å². The Morgan fingerprint density at radius 1 is 1.17 bits per heavy atom. The van der Waals surface area contributed by atoms with Gasteiger partial charge in [0.25, 0.3) is 0 Å². The molecule has 2 aromatic carbocycles. The number of benzene rings is 2. The molecule has 0 atom stereocenters. The Kier molecular flexibility index (Phi) is 6.26. The third kappa shape index (κ3) is 4.37. The molecular formula is C17H17ClO5. The zero-order chi connectivity index (χ0) is 16.7. The lowest BCUT2D eigenvalue weighted by atomic mass is 10.1. The molecule has 0 bridgehead atoms. The van der Waals surface area contributed by atoms with Crippen molar-refractivity contribution in [3.8, 4) is 11.5 Å². The van der Waals surface area contributed by atoms with Crippen molar-refractivity contribution in [3.63, 3.8) is 0 Å². The molecule has 23 heavy (non-hydrogen) atoms. The predicted octanol–water partition coefficient (Wildman–Crippen LogP) is 2.97. The van der Waals surface area contributed by atoms with Gasteiger partial charge in [-0.15, -0.1) is 0 Å². The van der Waals surface area contributed by atoms with Crippen LogP contribution in [0.1, 0.15) is 0 Å². The van der Waals surface area contributed by atoms with E-state index in [9.17, 15) is 4.79 Å². The van der Waals surface area contributed by atoms with Gasteiger partial charge in [-0.25, -0.2) is 4.79 Å². The number of rotatable bonds is 8. The van der Waals surface area contributed by atoms with Gasteiger partial charge in [0.15, 0.2) is 0 Å². The summed E-state index contributed by atoms with van der Waals surface area (Å²) < 4.78 is 16.0. The Bertz CT molecular complexity index is 699. The minimum Gasteiger partial charge on any atom is -0.490 e. The highest BCUT2D eigenvalue weighted by atomic mass is 35.5. The molecule has 2 aromatic rings. The quantitative estimate of drug-likeness (QED) is 0.456. The molecule has 0 unspecified atom stereocenters. The lowest BCUT2D eigenvalue weighted by Gasteiger charge is -2.15. The first-order valence-corrected chi connectivity index (χ1v) is 7.42. The molecule has 2 rings (SSSR count). The standard InChI is InChI=1S/C17H17ClO5/c1-2-16(20)22-9-10-23-17-13-6-4-3-5-12(13)15(11-14(17)18)21-8-7-19/h2-6,11,19H,1,7-10H2. The van der Waals surface area contributed by atoms with Crippen molar-refractivity contribution in [1.29, 1.82) is 0 Å². The lowest BCUT2D eigenvalue weighted by Crippen LogP contribution is -2.10. The predicted molar refractivity (Wildman–Crippen MR) is 88.2 cm³/mol. The summed E-state index contributed by atoms with van der Waals surface area (Å²) in [6.07, 6.45) is 1.09. The molecular weight excluding hydrogens is 320 g/mol. The Labute approximate surface area is 139 Å². The third-order valence-corrected chi connectivity index (χ3v) is 3.28. The third-order valence-electron chi connectivity index (χ3n) is 3.00. The number of aliphatic hydroxyl groups excluding tert-OH is 1. The summed E-state index contributed by atoms with van der Waals surface area (Å²) in [4.78, 5) is 11.0. The summed E-state index contributed by atoms with van der Waals surface area (Å²) in [6, 6.07) is 9.11. The van der Waals surface area contributed by atoms with Crippen LogP contribution in [0.25, 0.3) is 10.8 Å². The molecule has 6 heteroatoms. The zero-order valence-corrected chi connectivity index (χ0v) is 13.2. The van der Waals surface area contributed by atoms with Gasteiger partial charge in [0.05, 0.1) is 11.6 Å². The van der Waals surface area contributed by atoms with Gasteiger partial charge in [-0.2, -0.15) is 0 Å². The van der Waals surface area contributed by atoms with Crippen molar-refractivity contribution in [2.24, 2.45) is 0 Å². The van der Waals surface area contributed by atoms with E-state index in [1.807, 2.05) is 24.3 Å². The molecule has 122 valence electrons. The maximum atomic E-state index is 11.0. The molecule has 0 aromatic heterocycles. The molecule has 0 fully saturated rings. The monoisotopic (exact) mass is 336 g/mol. The van der Waals surface area contributed by atoms with Gasteiger partial charge in [0.2, 0.25) is 0 Å². The average molecular weight is 337 g/mol. The van der Waals surface area contributed by atoms with Gasteiger partial charge in [-0.3, -0.25) is 0 Å². The molecule has 0 saturated carbocycles. The van der Waals surface area contributed by atoms with Crippen LogP contribution in [0.2, 0.25) is 5.02 Å². The van der Waals surface area contributed by atoms with Crippen LogP contribution in [-0.2, 0) is 9.53 Å². The Balaban J connectivity index is 2.21. The fraction of sp³-hybridized carbons (Fsp3) is 0.235. The van der Waals surface area contributed by atoms with E-state index < -0.39 is 5.97 Å². The van der Waals surface area contributed by atoms with Crippen LogP contribution in [0, 0.1) is 0 Å². The number of halogens is 1. The fourth-order valence-corrected chi connectivity index (χ4v) is 2.31. The first-order valence-electron chi connectivity index (χ1n) is 7.04. The smallest absolute Gasteiger partial charge is 0.330 e. The Morgan fingerprint density at radius 3 is 2.61 bits per heavy atom. The second-order valence-electron chi connectivity index (χ2n) is 4.52. The van der Waals surface area contributed by atoms with Crippen LogP contribution in [0.3, 0.4) is 0 Å². The topological polar surface area (TPSA) is 65.0 Å². The maximum Gasteiger partial charge on any atom is 0.330 e. The molecule has 0 radical (unpaired) electrons. The van der Waals surface area contributed by atoms with E-state index in [0.29, 0.717) is 16.5 Å². The van der Waals surface area contributed by atoms with Crippen LogP contribution in [0.5, 0.6) is 11.5 Å². The Morgan fingerprint density at radius 2 is 1.91 bits per heavy atom. The minimum absolute atomic E-state index is 0.0845. The van der Waals surface area contributed by atoms with E-state index in [2.05, 4.69) is 6.58 Å². The largest absolute Gasteiger partial charge is 0.490 e. The maximum absolute atomic E-state index is 11.0. The van der Waals surface area contributed by atoms with E-state index in [1.54, 1.807) is 6.07 Å². The van der Waals surface area contributed by atoms with Crippen LogP contribution >= 0.6 is 11.6 Å². The molecule has 0 aliphatic rings. The van der Waals surface area contributed by atoms with Crippen molar-refractivity contribution >= 4 is 28.3 Å². The van der Waals surface area contributed by atoms with Gasteiger partial charge < -0.3 is 19.3 Å². The van der Waals surface area contributed by atoms with Gasteiger partial charge in [0, 0.05) is 22.9 Å². The number of hydrogen-bond acceptors (Lipinski definition) is 5. The molecule has 0 heterocycles. The molecule has 0 aliphatic carbocycles. The number of carbonyl (C=O) groups excluding carboxylic acids is 1. The first kappa shape index (κ1) is 17.1. The van der Waals surface area contributed by atoms with Gasteiger partial charge in [-0.1, -0.05) is 42.4 Å². The lowest BCUT2D eigenvalue weighted by molar-refractivity contribution is -0.138. The second kappa shape index (κ2) is 8.41. The first-order chi connectivity index (χ1) is 11.2. The number of fused-ring (bicyclic) bond motifs is 1. The summed E-state index contributed by atoms with van der Waals surface area (Å²) in [5, 5.41) is 10.9. The van der Waals surface area contributed by atoms with Crippen LogP contribution < -0.4 is 9.47 Å². The normalized spacial score (nSPS) is 10.3. The number of ether oxygens (including phenoxy) is 3. The highest BCUT2D eigenvalue weighted by Crippen LogP contribution is 2.39. The van der Waals surface area contributed by atoms with Crippen molar-refractivity contribution in [3.05, 3.63) is 48.0 Å². The summed E-state index contributed by atoms with van der Waals surface area (Å²) in [5.74, 6) is 0.565. The average Bonchev–Trinajstić information content (AvgIpc) is 2.58. The van der Waals surface area contributed by atoms with Crippen molar-refractivity contribution in [1.82, 2.24) is 0 Å². The summed E-state index contributed by atoms with van der Waals surface area (Å²) in [5.41, 5.74) is 0. The number of aliphatic hydroxyl groups is 1. The van der Waals surface area contributed by atoms with Gasteiger partial charge in [0.1, 0.15) is 31.3 Å². The fourth-order valence-electron chi connectivity index (χ4n) is 2.05. The van der Waals surface area contributed by atoms with E-state index in [-0.39, 0.29) is 26.4 Å². The SMILES string of the molecule is C=CC(=O)OCCOc1c(Cl)cc(OCCO)c2ccccc12. The minimum atomic E-state index is -0.502. The molecule has 0 saturated heterocycles. The number of esters is 1. The van der Waals surface area contributed by atoms with Crippen molar-refractivity contribution < 1.29 is 24.1 Å². The molecule has 0 aliphatic heterocycles. The van der Waals surface area contributed by atoms with E-state index in [4.69, 9.17) is 30.9 Å². The summed E-state index contributed by atoms with van der Waals surface area (Å²) >= 11 is 6.26. The molecule has 0 spiro atoms. The van der Waals surface area contributed by atoms with Crippen LogP contribution in [0.4, 0.5) is 0 Å². The van der Waals surface area contributed by atoms with Gasteiger partial charge in [-0.05, 0) is 0 Å².